The van der Waals surface area contributed by atoms with Crippen molar-refractivity contribution >= 4 is 0 Å². The zero-order valence-corrected chi connectivity index (χ0v) is 9.10. The summed E-state index contributed by atoms with van der Waals surface area (Å²) in [7, 11) is 0. The molecule has 1 rings (SSSR count). The molecule has 0 aliphatic heterocycles. The lowest BCUT2D eigenvalue weighted by Gasteiger charge is -2.08. The van der Waals surface area contributed by atoms with Gasteiger partial charge in [0.25, 0.3) is 0 Å². The van der Waals surface area contributed by atoms with Crippen molar-refractivity contribution in [1.82, 2.24) is 0 Å². The summed E-state index contributed by atoms with van der Waals surface area (Å²) in [5.41, 5.74) is 0. The normalized spacial score (nSPS) is 26.7. The van der Waals surface area contributed by atoms with E-state index in [4.69, 9.17) is 0 Å². The average Bonchev–Trinajstić information content (AvgIpc) is 2.22. The Balaban J connectivity index is 2.29. The Morgan fingerprint density at radius 1 is 1.00 bits per heavy atom. The number of allylic oxidation sites excluding steroid dienone is 2. The second-order valence-corrected chi connectivity index (χ2v) is 4.30. The van der Waals surface area contributed by atoms with Gasteiger partial charge in [0.2, 0.25) is 0 Å². The van der Waals surface area contributed by atoms with Crippen LogP contribution in [0.1, 0.15) is 64.7 Å². The fourth-order valence-corrected chi connectivity index (χ4v) is 2.10. The third kappa shape index (κ3) is 5.13. The molecule has 1 unspecified atom stereocenters. The molecular formula is C13H24. The zero-order valence-electron chi connectivity index (χ0n) is 9.10. The predicted molar refractivity (Wildman–Crippen MR) is 59.9 cm³/mol. The van der Waals surface area contributed by atoms with Crippen molar-refractivity contribution in [2.75, 3.05) is 0 Å². The van der Waals surface area contributed by atoms with Crippen LogP contribution in [0.25, 0.3) is 0 Å². The van der Waals surface area contributed by atoms with E-state index in [0.29, 0.717) is 0 Å². The van der Waals surface area contributed by atoms with Crippen molar-refractivity contribution in [2.24, 2.45) is 5.92 Å². The van der Waals surface area contributed by atoms with Gasteiger partial charge in [-0.2, -0.15) is 0 Å². The van der Waals surface area contributed by atoms with Crippen LogP contribution in [0.3, 0.4) is 0 Å². The number of rotatable bonds is 1. The lowest BCUT2D eigenvalue weighted by atomic mass is 9.98. The molecule has 0 saturated carbocycles. The molecule has 0 aromatic rings. The van der Waals surface area contributed by atoms with Gasteiger partial charge in [0.1, 0.15) is 0 Å². The Hall–Kier alpha value is -0.260. The van der Waals surface area contributed by atoms with Crippen LogP contribution in [0.4, 0.5) is 0 Å². The van der Waals surface area contributed by atoms with Crippen molar-refractivity contribution in [2.45, 2.75) is 64.7 Å². The highest BCUT2D eigenvalue weighted by Crippen LogP contribution is 2.18. The molecule has 13 heavy (non-hydrogen) atoms. The summed E-state index contributed by atoms with van der Waals surface area (Å²) in [5.74, 6) is 0.873. The molecule has 1 aliphatic carbocycles. The van der Waals surface area contributed by atoms with Gasteiger partial charge in [0.15, 0.2) is 0 Å². The molecule has 0 heterocycles. The second kappa shape index (κ2) is 7.17. The topological polar surface area (TPSA) is 0 Å². The van der Waals surface area contributed by atoms with E-state index in [9.17, 15) is 0 Å². The van der Waals surface area contributed by atoms with Gasteiger partial charge >= 0.3 is 0 Å². The third-order valence-electron chi connectivity index (χ3n) is 3.13. The van der Waals surface area contributed by atoms with E-state index in [2.05, 4.69) is 19.1 Å². The largest absolute Gasteiger partial charge is 0.0883 e. The summed E-state index contributed by atoms with van der Waals surface area (Å²) in [6.07, 6.45) is 17.6. The molecule has 0 aromatic carbocycles. The van der Waals surface area contributed by atoms with Gasteiger partial charge in [0, 0.05) is 0 Å². The van der Waals surface area contributed by atoms with E-state index in [1.165, 1.54) is 57.8 Å². The van der Waals surface area contributed by atoms with Crippen LogP contribution in [-0.2, 0) is 0 Å². The summed E-state index contributed by atoms with van der Waals surface area (Å²) < 4.78 is 0. The molecule has 0 fully saturated rings. The first kappa shape index (κ1) is 10.8. The van der Waals surface area contributed by atoms with Gasteiger partial charge in [-0.25, -0.2) is 0 Å². The van der Waals surface area contributed by atoms with Gasteiger partial charge in [-0.05, 0) is 31.6 Å². The van der Waals surface area contributed by atoms with Crippen molar-refractivity contribution < 1.29 is 0 Å². The van der Waals surface area contributed by atoms with Crippen LogP contribution < -0.4 is 0 Å². The Morgan fingerprint density at radius 2 is 1.69 bits per heavy atom. The third-order valence-corrected chi connectivity index (χ3v) is 3.13. The molecule has 0 radical (unpaired) electrons. The minimum Gasteiger partial charge on any atom is -0.0883 e. The van der Waals surface area contributed by atoms with E-state index in [0.717, 1.165) is 5.92 Å². The van der Waals surface area contributed by atoms with Crippen LogP contribution in [0.15, 0.2) is 12.2 Å². The molecule has 0 nitrogen and oxygen atoms in total. The molecule has 0 N–H and O–H groups in total. The Morgan fingerprint density at radius 3 is 2.46 bits per heavy atom. The standard InChI is InChI=1S/C13H24/c1-2-13-11-9-7-5-3-4-6-8-10-12-13/h9,11,13H,2-8,10,12H2,1H3. The van der Waals surface area contributed by atoms with Crippen molar-refractivity contribution in [3.8, 4) is 0 Å². The Bertz CT molecular complexity index is 135. The fraction of sp³-hybridized carbons (Fsp3) is 0.846. The van der Waals surface area contributed by atoms with Crippen LogP contribution in [-0.4, -0.2) is 0 Å². The lowest BCUT2D eigenvalue weighted by Crippen LogP contribution is -1.93. The van der Waals surface area contributed by atoms with Gasteiger partial charge in [-0.15, -0.1) is 0 Å². The van der Waals surface area contributed by atoms with Crippen molar-refractivity contribution in [1.29, 1.82) is 0 Å². The number of hydrogen-bond donors (Lipinski definition) is 0. The van der Waals surface area contributed by atoms with Crippen LogP contribution >= 0.6 is 0 Å². The van der Waals surface area contributed by atoms with Crippen molar-refractivity contribution in [3.05, 3.63) is 12.2 Å². The summed E-state index contributed by atoms with van der Waals surface area (Å²) in [6.45, 7) is 2.31. The number of hydrogen-bond acceptors (Lipinski definition) is 0. The van der Waals surface area contributed by atoms with E-state index in [-0.39, 0.29) is 0 Å². The molecule has 0 spiro atoms. The summed E-state index contributed by atoms with van der Waals surface area (Å²) in [6, 6.07) is 0. The lowest BCUT2D eigenvalue weighted by molar-refractivity contribution is 0.512. The molecule has 76 valence electrons. The summed E-state index contributed by atoms with van der Waals surface area (Å²) in [4.78, 5) is 0. The maximum atomic E-state index is 2.46. The molecule has 0 amide bonds. The second-order valence-electron chi connectivity index (χ2n) is 4.30. The SMILES string of the molecule is CCC1C=CCCCCCCCC1. The summed E-state index contributed by atoms with van der Waals surface area (Å²) >= 11 is 0. The first-order valence-corrected chi connectivity index (χ1v) is 6.10. The van der Waals surface area contributed by atoms with E-state index in [1.54, 1.807) is 0 Å². The quantitative estimate of drug-likeness (QED) is 0.513. The zero-order chi connectivity index (χ0) is 9.36. The predicted octanol–water partition coefficient (Wildman–Crippen LogP) is 4.70. The highest BCUT2D eigenvalue weighted by molar-refractivity contribution is 4.88. The minimum atomic E-state index is 0.873. The Kier molecular flexibility index (Phi) is 5.97. The van der Waals surface area contributed by atoms with Gasteiger partial charge < -0.3 is 0 Å². The molecule has 0 saturated heterocycles. The maximum absolute atomic E-state index is 2.46. The van der Waals surface area contributed by atoms with Gasteiger partial charge in [-0.1, -0.05) is 51.2 Å². The van der Waals surface area contributed by atoms with Gasteiger partial charge in [-0.3, -0.25) is 0 Å². The Labute approximate surface area is 83.4 Å². The van der Waals surface area contributed by atoms with E-state index < -0.39 is 0 Å². The van der Waals surface area contributed by atoms with E-state index >= 15 is 0 Å². The van der Waals surface area contributed by atoms with Crippen LogP contribution in [0.2, 0.25) is 0 Å². The highest BCUT2D eigenvalue weighted by atomic mass is 14.1. The van der Waals surface area contributed by atoms with Gasteiger partial charge in [0.05, 0.1) is 0 Å². The molecule has 0 bridgehead atoms. The first-order chi connectivity index (χ1) is 6.43. The fourth-order valence-electron chi connectivity index (χ4n) is 2.10. The monoisotopic (exact) mass is 180 g/mol. The molecule has 1 atom stereocenters. The van der Waals surface area contributed by atoms with E-state index in [1.807, 2.05) is 0 Å². The first-order valence-electron chi connectivity index (χ1n) is 6.10. The molecule has 1 aliphatic rings. The minimum absolute atomic E-state index is 0.873. The van der Waals surface area contributed by atoms with Crippen LogP contribution in [0.5, 0.6) is 0 Å². The smallest absolute Gasteiger partial charge is 0.0236 e. The molecule has 0 heteroatoms. The molecular weight excluding hydrogens is 156 g/mol. The highest BCUT2D eigenvalue weighted by Gasteiger charge is 2.02. The molecule has 0 aromatic heterocycles. The van der Waals surface area contributed by atoms with Crippen LogP contribution in [0, 0.1) is 5.92 Å². The summed E-state index contributed by atoms with van der Waals surface area (Å²) in [5, 5.41) is 0. The maximum Gasteiger partial charge on any atom is -0.0236 e. The average molecular weight is 180 g/mol. The van der Waals surface area contributed by atoms with Crippen molar-refractivity contribution in [3.63, 3.8) is 0 Å².